The standard InChI is InChI=1S/C13H11N5O2/c1-9-6-15-3-2-10(9)7-16-13-11(5-14)4-12(8-17-13)18(19)20/h2-4,6,8H,7H2,1H3,(H,16,17). The number of nitrogens with one attached hydrogen (secondary N) is 1. The molecule has 0 bridgehead atoms. The minimum absolute atomic E-state index is 0.144. The van der Waals surface area contributed by atoms with Crippen LogP contribution in [-0.4, -0.2) is 14.9 Å². The zero-order chi connectivity index (χ0) is 14.5. The van der Waals surface area contributed by atoms with Gasteiger partial charge in [0.1, 0.15) is 23.6 Å². The van der Waals surface area contributed by atoms with E-state index in [9.17, 15) is 10.1 Å². The van der Waals surface area contributed by atoms with Gasteiger partial charge >= 0.3 is 0 Å². The number of rotatable bonds is 4. The van der Waals surface area contributed by atoms with Gasteiger partial charge in [0.2, 0.25) is 0 Å². The second-order valence-corrected chi connectivity index (χ2v) is 4.11. The minimum atomic E-state index is -0.579. The van der Waals surface area contributed by atoms with Gasteiger partial charge in [-0.25, -0.2) is 4.98 Å². The number of nitriles is 1. The summed E-state index contributed by atoms with van der Waals surface area (Å²) < 4.78 is 0. The molecule has 0 amide bonds. The van der Waals surface area contributed by atoms with Crippen LogP contribution in [0.25, 0.3) is 0 Å². The maximum absolute atomic E-state index is 10.6. The molecule has 0 atom stereocenters. The van der Waals surface area contributed by atoms with E-state index in [1.807, 2.05) is 19.1 Å². The Labute approximate surface area is 115 Å². The molecule has 0 aliphatic carbocycles. The van der Waals surface area contributed by atoms with Gasteiger partial charge in [0.15, 0.2) is 0 Å². The van der Waals surface area contributed by atoms with Crippen LogP contribution in [0.5, 0.6) is 0 Å². The summed E-state index contributed by atoms with van der Waals surface area (Å²) in [6.45, 7) is 2.40. The Bertz CT molecular complexity index is 693. The van der Waals surface area contributed by atoms with E-state index in [-0.39, 0.29) is 11.3 Å². The first-order valence-electron chi connectivity index (χ1n) is 5.79. The van der Waals surface area contributed by atoms with Crippen LogP contribution in [0, 0.1) is 28.4 Å². The first kappa shape index (κ1) is 13.4. The van der Waals surface area contributed by atoms with Gasteiger partial charge in [-0.15, -0.1) is 0 Å². The first-order chi connectivity index (χ1) is 9.61. The molecule has 20 heavy (non-hydrogen) atoms. The normalized spacial score (nSPS) is 9.80. The topological polar surface area (TPSA) is 105 Å². The monoisotopic (exact) mass is 269 g/mol. The molecule has 7 nitrogen and oxygen atoms in total. The lowest BCUT2D eigenvalue weighted by atomic mass is 10.1. The van der Waals surface area contributed by atoms with Crippen molar-refractivity contribution in [2.24, 2.45) is 0 Å². The fourth-order valence-corrected chi connectivity index (χ4v) is 1.66. The zero-order valence-electron chi connectivity index (χ0n) is 10.7. The Kier molecular flexibility index (Phi) is 3.86. The van der Waals surface area contributed by atoms with Crippen LogP contribution in [0.4, 0.5) is 11.5 Å². The lowest BCUT2D eigenvalue weighted by Crippen LogP contribution is -2.05. The van der Waals surface area contributed by atoms with Gasteiger partial charge in [-0.05, 0) is 24.1 Å². The van der Waals surface area contributed by atoms with Crippen LogP contribution in [0.1, 0.15) is 16.7 Å². The molecule has 100 valence electrons. The summed E-state index contributed by atoms with van der Waals surface area (Å²) in [6, 6.07) is 4.96. The molecule has 0 saturated carbocycles. The van der Waals surface area contributed by atoms with E-state index in [4.69, 9.17) is 5.26 Å². The van der Waals surface area contributed by atoms with E-state index in [1.54, 1.807) is 12.4 Å². The largest absolute Gasteiger partial charge is 0.365 e. The number of anilines is 1. The molecule has 0 unspecified atom stereocenters. The molecular weight excluding hydrogens is 258 g/mol. The highest BCUT2D eigenvalue weighted by atomic mass is 16.6. The molecule has 1 N–H and O–H groups in total. The number of aryl methyl sites for hydroxylation is 1. The van der Waals surface area contributed by atoms with Crippen molar-refractivity contribution >= 4 is 11.5 Å². The van der Waals surface area contributed by atoms with Crippen molar-refractivity contribution in [2.45, 2.75) is 13.5 Å². The van der Waals surface area contributed by atoms with E-state index < -0.39 is 4.92 Å². The van der Waals surface area contributed by atoms with Gasteiger partial charge < -0.3 is 5.32 Å². The van der Waals surface area contributed by atoms with Crippen molar-refractivity contribution in [2.75, 3.05) is 5.32 Å². The van der Waals surface area contributed by atoms with Crippen LogP contribution in [0.15, 0.2) is 30.7 Å². The second kappa shape index (κ2) is 5.75. The van der Waals surface area contributed by atoms with Crippen molar-refractivity contribution in [3.8, 4) is 6.07 Å². The van der Waals surface area contributed by atoms with E-state index in [2.05, 4.69) is 15.3 Å². The highest BCUT2D eigenvalue weighted by molar-refractivity contribution is 5.55. The molecule has 2 aromatic rings. The fourth-order valence-electron chi connectivity index (χ4n) is 1.66. The Balaban J connectivity index is 2.20. The van der Waals surface area contributed by atoms with E-state index >= 15 is 0 Å². The molecule has 0 aliphatic rings. The lowest BCUT2D eigenvalue weighted by Gasteiger charge is -2.08. The number of nitrogens with zero attached hydrogens (tertiary/aromatic N) is 4. The smallest absolute Gasteiger partial charge is 0.289 e. The third-order valence-corrected chi connectivity index (χ3v) is 2.79. The van der Waals surface area contributed by atoms with Gasteiger partial charge in [-0.1, -0.05) is 0 Å². The Morgan fingerprint density at radius 1 is 1.50 bits per heavy atom. The van der Waals surface area contributed by atoms with E-state index in [1.165, 1.54) is 6.07 Å². The number of pyridine rings is 2. The molecule has 0 saturated heterocycles. The highest BCUT2D eigenvalue weighted by Gasteiger charge is 2.12. The lowest BCUT2D eigenvalue weighted by molar-refractivity contribution is -0.385. The average Bonchev–Trinajstić information content (AvgIpc) is 2.46. The molecule has 0 aromatic carbocycles. The zero-order valence-corrected chi connectivity index (χ0v) is 10.7. The van der Waals surface area contributed by atoms with Gasteiger partial charge in [-0.3, -0.25) is 15.1 Å². The number of hydrogen-bond donors (Lipinski definition) is 1. The van der Waals surface area contributed by atoms with Crippen LogP contribution in [-0.2, 0) is 6.54 Å². The quantitative estimate of drug-likeness (QED) is 0.673. The molecule has 0 spiro atoms. The minimum Gasteiger partial charge on any atom is -0.365 e. The van der Waals surface area contributed by atoms with E-state index in [0.29, 0.717) is 12.4 Å². The van der Waals surface area contributed by atoms with Gasteiger partial charge in [0, 0.05) is 25.0 Å². The van der Waals surface area contributed by atoms with Crippen molar-refractivity contribution in [3.63, 3.8) is 0 Å². The third-order valence-electron chi connectivity index (χ3n) is 2.79. The Morgan fingerprint density at radius 3 is 2.95 bits per heavy atom. The summed E-state index contributed by atoms with van der Waals surface area (Å²) in [6.07, 6.45) is 4.55. The summed E-state index contributed by atoms with van der Waals surface area (Å²) in [7, 11) is 0. The highest BCUT2D eigenvalue weighted by Crippen LogP contribution is 2.19. The summed E-state index contributed by atoms with van der Waals surface area (Å²) in [4.78, 5) is 18.0. The molecule has 7 heteroatoms. The number of nitro groups is 1. The van der Waals surface area contributed by atoms with Crippen molar-refractivity contribution in [1.29, 1.82) is 5.26 Å². The Hall–Kier alpha value is -3.01. The van der Waals surface area contributed by atoms with Gasteiger partial charge in [-0.2, -0.15) is 5.26 Å². The maximum atomic E-state index is 10.6. The van der Waals surface area contributed by atoms with Crippen molar-refractivity contribution < 1.29 is 4.92 Å². The predicted molar refractivity (Wildman–Crippen MR) is 71.9 cm³/mol. The second-order valence-electron chi connectivity index (χ2n) is 4.11. The molecule has 0 aliphatic heterocycles. The summed E-state index contributed by atoms with van der Waals surface area (Å²) in [5, 5.41) is 22.7. The van der Waals surface area contributed by atoms with Gasteiger partial charge in [0.05, 0.1) is 4.92 Å². The first-order valence-corrected chi connectivity index (χ1v) is 5.79. The van der Waals surface area contributed by atoms with Crippen LogP contribution in [0.2, 0.25) is 0 Å². The molecular formula is C13H11N5O2. The SMILES string of the molecule is Cc1cnccc1CNc1ncc([N+](=O)[O-])cc1C#N. The predicted octanol–water partition coefficient (Wildman–Crippen LogP) is 2.18. The Morgan fingerprint density at radius 2 is 2.30 bits per heavy atom. The fraction of sp³-hybridized carbons (Fsp3) is 0.154. The molecule has 2 rings (SSSR count). The summed E-state index contributed by atoms with van der Waals surface area (Å²) in [5.41, 5.74) is 1.97. The van der Waals surface area contributed by atoms with Gasteiger partial charge in [0.25, 0.3) is 5.69 Å². The average molecular weight is 269 g/mol. The number of aromatic nitrogens is 2. The van der Waals surface area contributed by atoms with Crippen LogP contribution >= 0.6 is 0 Å². The summed E-state index contributed by atoms with van der Waals surface area (Å²) in [5.74, 6) is 0.328. The third kappa shape index (κ3) is 2.87. The number of hydrogen-bond acceptors (Lipinski definition) is 6. The van der Waals surface area contributed by atoms with Crippen molar-refractivity contribution in [3.05, 3.63) is 57.5 Å². The molecule has 0 fully saturated rings. The maximum Gasteiger partial charge on any atom is 0.289 e. The molecule has 2 aromatic heterocycles. The van der Waals surface area contributed by atoms with Crippen LogP contribution in [0.3, 0.4) is 0 Å². The van der Waals surface area contributed by atoms with Crippen molar-refractivity contribution in [1.82, 2.24) is 9.97 Å². The molecule has 0 radical (unpaired) electrons. The van der Waals surface area contributed by atoms with Crippen LogP contribution < -0.4 is 5.32 Å². The summed E-state index contributed by atoms with van der Waals surface area (Å²) >= 11 is 0. The van der Waals surface area contributed by atoms with E-state index in [0.717, 1.165) is 17.3 Å². The molecule has 2 heterocycles.